The van der Waals surface area contributed by atoms with E-state index >= 15 is 0 Å². The Kier molecular flexibility index (Phi) is 4.90. The average Bonchev–Trinajstić information content (AvgIpc) is 2.86. The zero-order valence-electron chi connectivity index (χ0n) is 11.7. The molecular weight excluding hydrogens is 280 g/mol. The SMILES string of the molecule is CCNc1ncc(S(=O)(=O)NC2CCCC2OC)cn1. The third-order valence-electron chi connectivity index (χ3n) is 3.34. The first-order valence-electron chi connectivity index (χ1n) is 6.68. The van der Waals surface area contributed by atoms with Crippen LogP contribution in [0.3, 0.4) is 0 Å². The molecule has 0 spiro atoms. The molecule has 1 aliphatic carbocycles. The summed E-state index contributed by atoms with van der Waals surface area (Å²) in [5.41, 5.74) is 0. The van der Waals surface area contributed by atoms with Crippen LogP contribution in [-0.2, 0) is 14.8 Å². The normalized spacial score (nSPS) is 22.9. The molecule has 1 saturated carbocycles. The van der Waals surface area contributed by atoms with Crippen molar-refractivity contribution in [1.29, 1.82) is 0 Å². The highest BCUT2D eigenvalue weighted by Crippen LogP contribution is 2.23. The number of rotatable bonds is 6. The summed E-state index contributed by atoms with van der Waals surface area (Å²) in [6.45, 7) is 2.60. The van der Waals surface area contributed by atoms with E-state index in [2.05, 4.69) is 20.0 Å². The number of hydrogen-bond acceptors (Lipinski definition) is 6. The second kappa shape index (κ2) is 6.47. The van der Waals surface area contributed by atoms with Gasteiger partial charge in [0.1, 0.15) is 4.90 Å². The van der Waals surface area contributed by atoms with Crippen LogP contribution in [0.25, 0.3) is 0 Å². The standard InChI is InChI=1S/C12H20N4O3S/c1-3-13-12-14-7-9(8-15-12)20(17,18)16-10-5-4-6-11(10)19-2/h7-8,10-11,16H,3-6H2,1-2H3,(H,13,14,15). The average molecular weight is 300 g/mol. The first kappa shape index (κ1) is 15.1. The number of aromatic nitrogens is 2. The van der Waals surface area contributed by atoms with Crippen LogP contribution in [0.15, 0.2) is 17.3 Å². The van der Waals surface area contributed by atoms with Crippen molar-refractivity contribution in [3.63, 3.8) is 0 Å². The lowest BCUT2D eigenvalue weighted by molar-refractivity contribution is 0.0916. The second-order valence-electron chi connectivity index (χ2n) is 4.71. The molecule has 1 aromatic rings. The van der Waals surface area contributed by atoms with Gasteiger partial charge in [0.05, 0.1) is 18.5 Å². The van der Waals surface area contributed by atoms with Gasteiger partial charge in [-0.25, -0.2) is 23.1 Å². The van der Waals surface area contributed by atoms with Crippen LogP contribution in [-0.4, -0.2) is 44.2 Å². The minimum absolute atomic E-state index is 0.0632. The molecule has 0 bridgehead atoms. The number of methoxy groups -OCH3 is 1. The summed E-state index contributed by atoms with van der Waals surface area (Å²) >= 11 is 0. The van der Waals surface area contributed by atoms with Crippen LogP contribution in [0, 0.1) is 0 Å². The molecule has 0 radical (unpaired) electrons. The summed E-state index contributed by atoms with van der Waals surface area (Å²) < 4.78 is 32.5. The van der Waals surface area contributed by atoms with Crippen LogP contribution >= 0.6 is 0 Å². The molecule has 0 aromatic carbocycles. The van der Waals surface area contributed by atoms with E-state index < -0.39 is 10.0 Å². The molecule has 2 atom stereocenters. The van der Waals surface area contributed by atoms with Crippen LogP contribution in [0.2, 0.25) is 0 Å². The Hall–Kier alpha value is -1.25. The zero-order chi connectivity index (χ0) is 14.6. The van der Waals surface area contributed by atoms with Crippen molar-refractivity contribution in [1.82, 2.24) is 14.7 Å². The zero-order valence-corrected chi connectivity index (χ0v) is 12.5. The largest absolute Gasteiger partial charge is 0.380 e. The highest BCUT2D eigenvalue weighted by atomic mass is 32.2. The lowest BCUT2D eigenvalue weighted by Gasteiger charge is -2.19. The lowest BCUT2D eigenvalue weighted by Crippen LogP contribution is -2.40. The number of sulfonamides is 1. The van der Waals surface area contributed by atoms with Crippen LogP contribution < -0.4 is 10.0 Å². The fraction of sp³-hybridized carbons (Fsp3) is 0.667. The van der Waals surface area contributed by atoms with Gasteiger partial charge in [-0.15, -0.1) is 0 Å². The smallest absolute Gasteiger partial charge is 0.243 e. The van der Waals surface area contributed by atoms with Crippen LogP contribution in [0.5, 0.6) is 0 Å². The molecule has 1 fully saturated rings. The van der Waals surface area contributed by atoms with E-state index in [4.69, 9.17) is 4.74 Å². The molecule has 112 valence electrons. The van der Waals surface area contributed by atoms with Gasteiger partial charge in [0.2, 0.25) is 16.0 Å². The lowest BCUT2D eigenvalue weighted by atomic mass is 10.2. The van der Waals surface area contributed by atoms with E-state index in [1.807, 2.05) is 6.92 Å². The van der Waals surface area contributed by atoms with Crippen molar-refractivity contribution in [3.05, 3.63) is 12.4 Å². The molecule has 0 amide bonds. The Morgan fingerprint density at radius 3 is 2.65 bits per heavy atom. The Morgan fingerprint density at radius 2 is 2.05 bits per heavy atom. The van der Waals surface area contributed by atoms with Gasteiger partial charge in [-0.1, -0.05) is 0 Å². The van der Waals surface area contributed by atoms with Gasteiger partial charge < -0.3 is 10.1 Å². The Labute approximate surface area is 119 Å². The second-order valence-corrected chi connectivity index (χ2v) is 6.42. The molecule has 20 heavy (non-hydrogen) atoms. The number of ether oxygens (including phenoxy) is 1. The fourth-order valence-corrected chi connectivity index (χ4v) is 3.50. The maximum Gasteiger partial charge on any atom is 0.243 e. The van der Waals surface area contributed by atoms with E-state index in [1.165, 1.54) is 12.4 Å². The number of anilines is 1. The number of nitrogens with zero attached hydrogens (tertiary/aromatic N) is 2. The monoisotopic (exact) mass is 300 g/mol. The Balaban J connectivity index is 2.09. The van der Waals surface area contributed by atoms with Crippen molar-refractivity contribution in [2.45, 2.75) is 43.2 Å². The van der Waals surface area contributed by atoms with Gasteiger partial charge in [0.15, 0.2) is 0 Å². The molecule has 1 aromatic heterocycles. The molecule has 1 aliphatic rings. The summed E-state index contributed by atoms with van der Waals surface area (Å²) in [7, 11) is -2.00. The Bertz CT molecular complexity index is 532. The maximum atomic E-state index is 12.3. The van der Waals surface area contributed by atoms with Crippen molar-refractivity contribution in [2.24, 2.45) is 0 Å². The Morgan fingerprint density at radius 1 is 1.35 bits per heavy atom. The third kappa shape index (κ3) is 3.44. The summed E-state index contributed by atoms with van der Waals surface area (Å²) in [5.74, 6) is 0.419. The van der Waals surface area contributed by atoms with Crippen molar-refractivity contribution >= 4 is 16.0 Å². The molecule has 2 N–H and O–H groups in total. The number of hydrogen-bond donors (Lipinski definition) is 2. The highest BCUT2D eigenvalue weighted by molar-refractivity contribution is 7.89. The molecule has 0 aliphatic heterocycles. The molecular formula is C12H20N4O3S. The van der Waals surface area contributed by atoms with E-state index in [0.717, 1.165) is 19.3 Å². The molecule has 0 saturated heterocycles. The molecule has 7 nitrogen and oxygen atoms in total. The minimum atomic E-state index is -3.60. The maximum absolute atomic E-state index is 12.3. The summed E-state index contributed by atoms with van der Waals surface area (Å²) in [6, 6.07) is -0.182. The van der Waals surface area contributed by atoms with Crippen LogP contribution in [0.1, 0.15) is 26.2 Å². The van der Waals surface area contributed by atoms with Gasteiger partial charge in [0, 0.05) is 19.7 Å². The first-order chi connectivity index (χ1) is 9.56. The minimum Gasteiger partial charge on any atom is -0.380 e. The van der Waals surface area contributed by atoms with Gasteiger partial charge in [-0.3, -0.25) is 0 Å². The van der Waals surface area contributed by atoms with E-state index in [0.29, 0.717) is 12.5 Å². The van der Waals surface area contributed by atoms with Gasteiger partial charge in [-0.05, 0) is 26.2 Å². The molecule has 2 unspecified atom stereocenters. The van der Waals surface area contributed by atoms with Gasteiger partial charge >= 0.3 is 0 Å². The van der Waals surface area contributed by atoms with Crippen molar-refractivity contribution in [2.75, 3.05) is 19.0 Å². The predicted molar refractivity (Wildman–Crippen MR) is 75.0 cm³/mol. The summed E-state index contributed by atoms with van der Waals surface area (Å²) in [5, 5.41) is 2.92. The van der Waals surface area contributed by atoms with E-state index in [9.17, 15) is 8.42 Å². The quantitative estimate of drug-likeness (QED) is 0.805. The first-order valence-corrected chi connectivity index (χ1v) is 8.16. The van der Waals surface area contributed by atoms with Crippen molar-refractivity contribution in [3.8, 4) is 0 Å². The number of nitrogens with one attached hydrogen (secondary N) is 2. The van der Waals surface area contributed by atoms with E-state index in [-0.39, 0.29) is 17.0 Å². The van der Waals surface area contributed by atoms with Gasteiger partial charge in [-0.2, -0.15) is 0 Å². The highest BCUT2D eigenvalue weighted by Gasteiger charge is 2.31. The van der Waals surface area contributed by atoms with E-state index in [1.54, 1.807) is 7.11 Å². The molecule has 8 heteroatoms. The third-order valence-corrected chi connectivity index (χ3v) is 4.78. The topological polar surface area (TPSA) is 93.2 Å². The predicted octanol–water partition coefficient (Wildman–Crippen LogP) is 0.754. The summed E-state index contributed by atoms with van der Waals surface area (Å²) in [6.07, 6.45) is 5.18. The molecule has 2 rings (SSSR count). The van der Waals surface area contributed by atoms with Crippen LogP contribution in [0.4, 0.5) is 5.95 Å². The molecule has 1 heterocycles. The van der Waals surface area contributed by atoms with Gasteiger partial charge in [0.25, 0.3) is 0 Å². The fourth-order valence-electron chi connectivity index (χ4n) is 2.31. The van der Waals surface area contributed by atoms with Crippen molar-refractivity contribution < 1.29 is 13.2 Å². The summed E-state index contributed by atoms with van der Waals surface area (Å²) in [4.78, 5) is 8.02.